The minimum Gasteiger partial charge on any atom is -0.481 e. The van der Waals surface area contributed by atoms with Gasteiger partial charge in [0.15, 0.2) is 5.16 Å². The summed E-state index contributed by atoms with van der Waals surface area (Å²) in [5.74, 6) is -0.434. The van der Waals surface area contributed by atoms with E-state index < -0.39 is 5.97 Å². The van der Waals surface area contributed by atoms with Crippen molar-refractivity contribution in [2.75, 3.05) is 18.8 Å². The Morgan fingerprint density at radius 3 is 2.90 bits per heavy atom. The molecule has 7 nitrogen and oxygen atoms in total. The van der Waals surface area contributed by atoms with Crippen LogP contribution < -0.4 is 5.56 Å². The van der Waals surface area contributed by atoms with Gasteiger partial charge in [0, 0.05) is 37.5 Å². The van der Waals surface area contributed by atoms with Crippen LogP contribution in [0.5, 0.6) is 0 Å². The van der Waals surface area contributed by atoms with Crippen molar-refractivity contribution in [2.24, 2.45) is 5.92 Å². The number of rotatable bonds is 3. The first-order valence-corrected chi connectivity index (χ1v) is 7.28. The van der Waals surface area contributed by atoms with Crippen LogP contribution in [0.3, 0.4) is 0 Å². The first kappa shape index (κ1) is 13.2. The maximum absolute atomic E-state index is 12.2. The summed E-state index contributed by atoms with van der Waals surface area (Å²) in [4.78, 5) is 40.6. The Kier molecular flexibility index (Phi) is 3.25. The van der Waals surface area contributed by atoms with E-state index in [4.69, 9.17) is 5.11 Å². The zero-order chi connectivity index (χ0) is 14.3. The van der Waals surface area contributed by atoms with Crippen molar-refractivity contribution < 1.29 is 14.7 Å². The smallest absolute Gasteiger partial charge is 0.303 e. The first-order chi connectivity index (χ1) is 9.56. The maximum atomic E-state index is 12.2. The zero-order valence-electron chi connectivity index (χ0n) is 10.6. The topological polar surface area (TPSA) is 92.5 Å². The standard InChI is InChI=1S/C12H13N3O4S/c16-9(17)3-7-5-14(6-7)10(18)8-4-13-12-15(11(8)19)1-2-20-12/h4,7H,1-3,5-6H2,(H,16,17). The van der Waals surface area contributed by atoms with Crippen molar-refractivity contribution in [1.82, 2.24) is 14.5 Å². The summed E-state index contributed by atoms with van der Waals surface area (Å²) in [6, 6.07) is 0. The van der Waals surface area contributed by atoms with Gasteiger partial charge in [-0.15, -0.1) is 0 Å². The molecule has 0 saturated carbocycles. The highest BCUT2D eigenvalue weighted by Crippen LogP contribution is 2.23. The van der Waals surface area contributed by atoms with Crippen molar-refractivity contribution in [3.63, 3.8) is 0 Å². The van der Waals surface area contributed by atoms with E-state index in [0.717, 1.165) is 5.75 Å². The summed E-state index contributed by atoms with van der Waals surface area (Å²) >= 11 is 1.50. The van der Waals surface area contributed by atoms with E-state index in [1.165, 1.54) is 27.4 Å². The van der Waals surface area contributed by atoms with E-state index in [1.807, 2.05) is 0 Å². The molecule has 3 rings (SSSR count). The zero-order valence-corrected chi connectivity index (χ0v) is 11.4. The average Bonchev–Trinajstić information content (AvgIpc) is 2.82. The normalized spacial score (nSPS) is 17.7. The lowest BCUT2D eigenvalue weighted by Crippen LogP contribution is -2.51. The van der Waals surface area contributed by atoms with Crippen LogP contribution in [0.2, 0.25) is 0 Å². The molecule has 1 aromatic rings. The van der Waals surface area contributed by atoms with Gasteiger partial charge in [-0.2, -0.15) is 0 Å². The monoisotopic (exact) mass is 295 g/mol. The van der Waals surface area contributed by atoms with Gasteiger partial charge in [0.2, 0.25) is 0 Å². The molecule has 1 fully saturated rings. The summed E-state index contributed by atoms with van der Waals surface area (Å²) in [6.45, 7) is 1.36. The lowest BCUT2D eigenvalue weighted by molar-refractivity contribution is -0.139. The van der Waals surface area contributed by atoms with Crippen LogP contribution in [-0.2, 0) is 11.3 Å². The van der Waals surface area contributed by atoms with Crippen LogP contribution in [0.25, 0.3) is 0 Å². The highest BCUT2D eigenvalue weighted by Gasteiger charge is 2.34. The number of thioether (sulfide) groups is 1. The van der Waals surface area contributed by atoms with E-state index in [0.29, 0.717) is 24.8 Å². The lowest BCUT2D eigenvalue weighted by Gasteiger charge is -2.38. The van der Waals surface area contributed by atoms with E-state index in [9.17, 15) is 14.4 Å². The second-order valence-corrected chi connectivity index (χ2v) is 6.00. The number of fused-ring (bicyclic) bond motifs is 1. The number of aliphatic carboxylic acids is 1. The molecular formula is C12H13N3O4S. The Morgan fingerprint density at radius 1 is 1.45 bits per heavy atom. The molecule has 1 aromatic heterocycles. The van der Waals surface area contributed by atoms with Crippen molar-refractivity contribution in [3.8, 4) is 0 Å². The average molecular weight is 295 g/mol. The summed E-state index contributed by atoms with van der Waals surface area (Å²) in [6.07, 6.45) is 1.39. The third kappa shape index (κ3) is 2.20. The molecule has 1 saturated heterocycles. The van der Waals surface area contributed by atoms with Gasteiger partial charge < -0.3 is 10.0 Å². The quantitative estimate of drug-likeness (QED) is 0.783. The molecular weight excluding hydrogens is 282 g/mol. The van der Waals surface area contributed by atoms with Crippen LogP contribution in [0.1, 0.15) is 16.8 Å². The Bertz CT molecular complexity index is 636. The SMILES string of the molecule is O=C(O)CC1CN(C(=O)c2cnc3n(c2=O)CCS3)C1. The fourth-order valence-corrected chi connectivity index (χ4v) is 3.36. The summed E-state index contributed by atoms with van der Waals surface area (Å²) in [7, 11) is 0. The number of hydrogen-bond acceptors (Lipinski definition) is 5. The van der Waals surface area contributed by atoms with Crippen molar-refractivity contribution in [1.29, 1.82) is 0 Å². The summed E-state index contributed by atoms with van der Waals surface area (Å²) in [5.41, 5.74) is -0.225. The number of carboxylic acid groups (broad SMARTS) is 1. The van der Waals surface area contributed by atoms with Crippen LogP contribution in [0.4, 0.5) is 0 Å². The molecule has 0 unspecified atom stereocenters. The number of nitrogens with zero attached hydrogens (tertiary/aromatic N) is 3. The summed E-state index contributed by atoms with van der Waals surface area (Å²) < 4.78 is 1.52. The number of carboxylic acids is 1. The molecule has 2 aliphatic rings. The molecule has 1 amide bonds. The minimum atomic E-state index is -0.863. The third-order valence-electron chi connectivity index (χ3n) is 3.49. The summed E-state index contributed by atoms with van der Waals surface area (Å²) in [5, 5.41) is 9.32. The molecule has 20 heavy (non-hydrogen) atoms. The number of carbonyl (C=O) groups is 2. The Balaban J connectivity index is 1.74. The van der Waals surface area contributed by atoms with E-state index >= 15 is 0 Å². The van der Waals surface area contributed by atoms with Crippen LogP contribution >= 0.6 is 11.8 Å². The molecule has 1 N–H and O–H groups in total. The fraction of sp³-hybridized carbons (Fsp3) is 0.500. The molecule has 0 radical (unpaired) electrons. The lowest BCUT2D eigenvalue weighted by atomic mass is 9.96. The fourth-order valence-electron chi connectivity index (χ4n) is 2.45. The van der Waals surface area contributed by atoms with E-state index in [1.54, 1.807) is 0 Å². The van der Waals surface area contributed by atoms with Crippen LogP contribution in [-0.4, -0.2) is 50.3 Å². The number of carbonyl (C=O) groups excluding carboxylic acids is 1. The predicted molar refractivity (Wildman–Crippen MR) is 70.9 cm³/mol. The van der Waals surface area contributed by atoms with Gasteiger partial charge in [-0.25, -0.2) is 4.98 Å². The van der Waals surface area contributed by atoms with Crippen molar-refractivity contribution in [2.45, 2.75) is 18.1 Å². The molecule has 0 bridgehead atoms. The van der Waals surface area contributed by atoms with Gasteiger partial charge in [0.1, 0.15) is 5.56 Å². The van der Waals surface area contributed by atoms with Gasteiger partial charge in [-0.1, -0.05) is 11.8 Å². The van der Waals surface area contributed by atoms with E-state index in [-0.39, 0.29) is 29.4 Å². The largest absolute Gasteiger partial charge is 0.481 e. The number of hydrogen-bond donors (Lipinski definition) is 1. The van der Waals surface area contributed by atoms with Gasteiger partial charge in [0.25, 0.3) is 11.5 Å². The molecule has 8 heteroatoms. The molecule has 0 aliphatic carbocycles. The number of aromatic nitrogens is 2. The predicted octanol–water partition coefficient (Wildman–Crippen LogP) is -0.104. The van der Waals surface area contributed by atoms with Crippen molar-refractivity contribution >= 4 is 23.6 Å². The minimum absolute atomic E-state index is 0.0165. The third-order valence-corrected chi connectivity index (χ3v) is 4.47. The highest BCUT2D eigenvalue weighted by molar-refractivity contribution is 7.99. The molecule has 0 spiro atoms. The molecule has 0 aromatic carbocycles. The second-order valence-electron chi connectivity index (χ2n) is 4.93. The van der Waals surface area contributed by atoms with Gasteiger partial charge in [-0.3, -0.25) is 19.0 Å². The van der Waals surface area contributed by atoms with E-state index in [2.05, 4.69) is 4.98 Å². The van der Waals surface area contributed by atoms with Crippen LogP contribution in [0, 0.1) is 5.92 Å². The maximum Gasteiger partial charge on any atom is 0.303 e. The Hall–Kier alpha value is -1.83. The van der Waals surface area contributed by atoms with Gasteiger partial charge in [0.05, 0.1) is 6.42 Å². The Labute approximate surface area is 118 Å². The molecule has 3 heterocycles. The molecule has 2 aliphatic heterocycles. The van der Waals surface area contributed by atoms with Crippen molar-refractivity contribution in [3.05, 3.63) is 22.1 Å². The Morgan fingerprint density at radius 2 is 2.20 bits per heavy atom. The first-order valence-electron chi connectivity index (χ1n) is 6.30. The van der Waals surface area contributed by atoms with Crippen LogP contribution in [0.15, 0.2) is 16.1 Å². The highest BCUT2D eigenvalue weighted by atomic mass is 32.2. The number of amides is 1. The molecule has 106 valence electrons. The second kappa shape index (κ2) is 4.93. The number of likely N-dealkylation sites (tertiary alicyclic amines) is 1. The van der Waals surface area contributed by atoms with Gasteiger partial charge >= 0.3 is 5.97 Å². The molecule has 0 atom stereocenters. The van der Waals surface area contributed by atoms with Gasteiger partial charge in [-0.05, 0) is 0 Å².